The molecule has 1 amide bonds. The van der Waals surface area contributed by atoms with E-state index in [2.05, 4.69) is 4.98 Å². The number of thioether (sulfide) groups is 1. The quantitative estimate of drug-likeness (QED) is 0.840. The summed E-state index contributed by atoms with van der Waals surface area (Å²) in [5.74, 6) is 0.166. The van der Waals surface area contributed by atoms with Gasteiger partial charge in [-0.25, -0.2) is 0 Å². The Balaban J connectivity index is 1.93. The Bertz CT molecular complexity index is 673. The first-order chi connectivity index (χ1) is 10.5. The first-order valence-corrected chi connectivity index (χ1v) is 7.52. The second kappa shape index (κ2) is 5.64. The van der Waals surface area contributed by atoms with Crippen LogP contribution in [0.15, 0.2) is 48.8 Å². The molecule has 1 aliphatic rings. The van der Waals surface area contributed by atoms with Crippen LogP contribution in [0.4, 0.5) is 18.9 Å². The number of hydrogen-bond acceptors (Lipinski definition) is 3. The van der Waals surface area contributed by atoms with Crippen LogP contribution < -0.4 is 4.90 Å². The summed E-state index contributed by atoms with van der Waals surface area (Å²) in [4.78, 5) is 17.6. The van der Waals surface area contributed by atoms with Gasteiger partial charge in [0, 0.05) is 23.6 Å². The number of aromatic nitrogens is 1. The Morgan fingerprint density at radius 1 is 1.18 bits per heavy atom. The van der Waals surface area contributed by atoms with Gasteiger partial charge in [-0.1, -0.05) is 6.07 Å². The standard InChI is InChI=1S/C15H11F3N2OS/c16-15(17,18)11-3-5-12(6-4-11)20-13(21)9-22-14(20)10-2-1-7-19-8-10/h1-8,14H,9H2. The van der Waals surface area contributed by atoms with Gasteiger partial charge >= 0.3 is 6.18 Å². The van der Waals surface area contributed by atoms with Crippen molar-refractivity contribution in [3.8, 4) is 0 Å². The van der Waals surface area contributed by atoms with E-state index in [1.165, 1.54) is 28.8 Å². The Hall–Kier alpha value is -2.02. The average molecular weight is 324 g/mol. The predicted octanol–water partition coefficient (Wildman–Crippen LogP) is 3.88. The molecule has 22 heavy (non-hydrogen) atoms. The number of benzene rings is 1. The van der Waals surface area contributed by atoms with Crippen LogP contribution in [0, 0.1) is 0 Å². The molecule has 3 rings (SSSR count). The summed E-state index contributed by atoms with van der Waals surface area (Å²) >= 11 is 1.43. The van der Waals surface area contributed by atoms with Crippen LogP contribution >= 0.6 is 11.8 Å². The molecule has 0 saturated carbocycles. The van der Waals surface area contributed by atoms with Gasteiger partial charge in [-0.05, 0) is 30.3 Å². The summed E-state index contributed by atoms with van der Waals surface area (Å²) in [6.07, 6.45) is -1.09. The highest BCUT2D eigenvalue weighted by atomic mass is 32.2. The molecule has 1 aromatic heterocycles. The van der Waals surface area contributed by atoms with Crippen molar-refractivity contribution in [1.29, 1.82) is 0 Å². The van der Waals surface area contributed by atoms with Gasteiger partial charge in [0.1, 0.15) is 5.37 Å². The van der Waals surface area contributed by atoms with E-state index in [0.29, 0.717) is 11.4 Å². The van der Waals surface area contributed by atoms with Gasteiger partial charge < -0.3 is 0 Å². The van der Waals surface area contributed by atoms with Crippen molar-refractivity contribution < 1.29 is 18.0 Å². The fourth-order valence-corrected chi connectivity index (χ4v) is 3.44. The van der Waals surface area contributed by atoms with Crippen molar-refractivity contribution in [3.05, 3.63) is 59.9 Å². The zero-order valence-corrected chi connectivity index (χ0v) is 12.1. The number of amides is 1. The summed E-state index contributed by atoms with van der Waals surface area (Å²) in [5, 5.41) is -0.266. The fourth-order valence-electron chi connectivity index (χ4n) is 2.28. The third-order valence-electron chi connectivity index (χ3n) is 3.31. The Labute approximate surface area is 129 Å². The summed E-state index contributed by atoms with van der Waals surface area (Å²) in [6.45, 7) is 0. The highest BCUT2D eigenvalue weighted by Gasteiger charge is 2.35. The molecule has 1 aromatic carbocycles. The molecule has 0 N–H and O–H groups in total. The maximum Gasteiger partial charge on any atom is 0.416 e. The highest BCUT2D eigenvalue weighted by Crippen LogP contribution is 2.42. The van der Waals surface area contributed by atoms with E-state index < -0.39 is 11.7 Å². The maximum absolute atomic E-state index is 12.6. The van der Waals surface area contributed by atoms with Crippen LogP contribution in [0.2, 0.25) is 0 Å². The maximum atomic E-state index is 12.6. The van der Waals surface area contributed by atoms with Gasteiger partial charge in [0.2, 0.25) is 5.91 Å². The zero-order valence-electron chi connectivity index (χ0n) is 11.2. The minimum atomic E-state index is -4.38. The third-order valence-corrected chi connectivity index (χ3v) is 4.52. The number of alkyl halides is 3. The molecule has 1 unspecified atom stereocenters. The van der Waals surface area contributed by atoms with Crippen LogP contribution in [0.3, 0.4) is 0 Å². The summed E-state index contributed by atoms with van der Waals surface area (Å²) in [7, 11) is 0. The predicted molar refractivity (Wildman–Crippen MR) is 78.4 cm³/mol. The van der Waals surface area contributed by atoms with Gasteiger partial charge in [-0.2, -0.15) is 13.2 Å². The molecule has 2 heterocycles. The number of anilines is 1. The molecule has 0 spiro atoms. The van der Waals surface area contributed by atoms with E-state index in [1.807, 2.05) is 6.07 Å². The van der Waals surface area contributed by atoms with Crippen LogP contribution in [-0.2, 0) is 11.0 Å². The molecular weight excluding hydrogens is 313 g/mol. The van der Waals surface area contributed by atoms with E-state index in [0.717, 1.165) is 17.7 Å². The SMILES string of the molecule is O=C1CSC(c2cccnc2)N1c1ccc(C(F)(F)F)cc1. The van der Waals surface area contributed by atoms with Crippen LogP contribution in [0.1, 0.15) is 16.5 Å². The van der Waals surface area contributed by atoms with Crippen molar-refractivity contribution in [2.45, 2.75) is 11.6 Å². The minimum absolute atomic E-state index is 0.126. The lowest BCUT2D eigenvalue weighted by molar-refractivity contribution is -0.137. The Kier molecular flexibility index (Phi) is 3.82. The van der Waals surface area contributed by atoms with Gasteiger partial charge in [0.25, 0.3) is 0 Å². The van der Waals surface area contributed by atoms with E-state index in [9.17, 15) is 18.0 Å². The molecule has 114 valence electrons. The minimum Gasteiger partial charge on any atom is -0.295 e. The largest absolute Gasteiger partial charge is 0.416 e. The van der Waals surface area contributed by atoms with Gasteiger partial charge in [0.15, 0.2) is 0 Å². The molecule has 1 aliphatic heterocycles. The number of nitrogens with zero attached hydrogens (tertiary/aromatic N) is 2. The second-order valence-electron chi connectivity index (χ2n) is 4.76. The van der Waals surface area contributed by atoms with Crippen molar-refractivity contribution in [3.63, 3.8) is 0 Å². The molecule has 1 fully saturated rings. The van der Waals surface area contributed by atoms with E-state index >= 15 is 0 Å². The number of carbonyl (C=O) groups excluding carboxylic acids is 1. The van der Waals surface area contributed by atoms with Gasteiger partial charge in [-0.15, -0.1) is 11.8 Å². The highest BCUT2D eigenvalue weighted by molar-refractivity contribution is 8.00. The molecule has 1 saturated heterocycles. The van der Waals surface area contributed by atoms with Crippen molar-refractivity contribution >= 4 is 23.4 Å². The molecule has 1 atom stereocenters. The first-order valence-electron chi connectivity index (χ1n) is 6.47. The number of rotatable bonds is 2. The molecule has 0 radical (unpaired) electrons. The van der Waals surface area contributed by atoms with Crippen LogP contribution in [0.5, 0.6) is 0 Å². The topological polar surface area (TPSA) is 33.2 Å². The lowest BCUT2D eigenvalue weighted by Crippen LogP contribution is -2.27. The van der Waals surface area contributed by atoms with Crippen molar-refractivity contribution in [2.75, 3.05) is 10.7 Å². The van der Waals surface area contributed by atoms with E-state index in [4.69, 9.17) is 0 Å². The van der Waals surface area contributed by atoms with Crippen molar-refractivity contribution in [2.24, 2.45) is 0 Å². The number of pyridine rings is 1. The molecule has 2 aromatic rings. The zero-order chi connectivity index (χ0) is 15.7. The van der Waals surface area contributed by atoms with E-state index in [1.54, 1.807) is 18.5 Å². The summed E-state index contributed by atoms with van der Waals surface area (Å²) < 4.78 is 37.9. The summed E-state index contributed by atoms with van der Waals surface area (Å²) in [6, 6.07) is 8.26. The number of hydrogen-bond donors (Lipinski definition) is 0. The molecule has 7 heteroatoms. The molecular formula is C15H11F3N2OS. The average Bonchev–Trinajstić information content (AvgIpc) is 2.89. The molecule has 0 bridgehead atoms. The number of carbonyl (C=O) groups is 1. The van der Waals surface area contributed by atoms with Crippen LogP contribution in [0.25, 0.3) is 0 Å². The molecule has 0 aliphatic carbocycles. The third kappa shape index (κ3) is 2.81. The lowest BCUT2D eigenvalue weighted by Gasteiger charge is -2.24. The smallest absolute Gasteiger partial charge is 0.295 e. The molecule has 3 nitrogen and oxygen atoms in total. The Morgan fingerprint density at radius 3 is 2.50 bits per heavy atom. The summed E-state index contributed by atoms with van der Waals surface area (Å²) in [5.41, 5.74) is 0.573. The fraction of sp³-hybridized carbons (Fsp3) is 0.200. The monoisotopic (exact) mass is 324 g/mol. The van der Waals surface area contributed by atoms with E-state index in [-0.39, 0.29) is 11.3 Å². The first kappa shape index (κ1) is 14.9. The lowest BCUT2D eigenvalue weighted by atomic mass is 10.1. The van der Waals surface area contributed by atoms with Gasteiger partial charge in [-0.3, -0.25) is 14.7 Å². The Morgan fingerprint density at radius 2 is 1.91 bits per heavy atom. The second-order valence-corrected chi connectivity index (χ2v) is 5.83. The number of halogens is 3. The van der Waals surface area contributed by atoms with Crippen molar-refractivity contribution in [1.82, 2.24) is 4.98 Å². The van der Waals surface area contributed by atoms with Gasteiger partial charge in [0.05, 0.1) is 11.3 Å². The normalized spacial score (nSPS) is 18.8. The van der Waals surface area contributed by atoms with Crippen LogP contribution in [-0.4, -0.2) is 16.6 Å².